The minimum absolute atomic E-state index is 0.705. The number of hydrogen-bond acceptors (Lipinski definition) is 3. The van der Waals surface area contributed by atoms with E-state index in [0.717, 1.165) is 62.2 Å². The minimum atomic E-state index is -0.705. The molecular formula is C39H26N6O+2. The van der Waals surface area contributed by atoms with Gasteiger partial charge in [0.2, 0.25) is 6.20 Å². The molecule has 11 rings (SSSR count). The van der Waals surface area contributed by atoms with Crippen molar-refractivity contribution in [2.75, 3.05) is 0 Å². The molecule has 46 heavy (non-hydrogen) atoms. The smallest absolute Gasteiger partial charge is 0.397 e. The van der Waals surface area contributed by atoms with Crippen molar-refractivity contribution in [2.24, 2.45) is 0 Å². The molecule has 8 aromatic rings. The highest BCUT2D eigenvalue weighted by Crippen LogP contribution is 2.55. The van der Waals surface area contributed by atoms with Crippen molar-refractivity contribution < 1.29 is 14.0 Å². The summed E-state index contributed by atoms with van der Waals surface area (Å²) in [5.41, 5.74) is 11.4. The van der Waals surface area contributed by atoms with Gasteiger partial charge in [0, 0.05) is 46.1 Å². The summed E-state index contributed by atoms with van der Waals surface area (Å²) in [5, 5.41) is 2.46. The second-order valence-electron chi connectivity index (χ2n) is 12.5. The Morgan fingerprint density at radius 3 is 2.59 bits per heavy atom. The molecular weight excluding hydrogens is 568 g/mol. The first-order valence-electron chi connectivity index (χ1n) is 15.6. The van der Waals surface area contributed by atoms with Gasteiger partial charge in [0.15, 0.2) is 11.1 Å². The first-order valence-corrected chi connectivity index (χ1v) is 15.6. The van der Waals surface area contributed by atoms with Gasteiger partial charge >= 0.3 is 5.66 Å². The van der Waals surface area contributed by atoms with Gasteiger partial charge in [-0.15, -0.1) is 4.68 Å². The molecule has 1 atom stereocenters. The van der Waals surface area contributed by atoms with Crippen LogP contribution in [-0.4, -0.2) is 19.2 Å². The molecule has 216 valence electrons. The molecule has 3 aliphatic rings. The molecule has 0 fully saturated rings. The fourth-order valence-electron chi connectivity index (χ4n) is 8.47. The first-order chi connectivity index (χ1) is 22.6. The Bertz CT molecular complexity index is 2630. The van der Waals surface area contributed by atoms with Crippen molar-refractivity contribution in [3.05, 3.63) is 144 Å². The van der Waals surface area contributed by atoms with E-state index >= 15 is 0 Å². The SMILES string of the molecule is Cc1cc(-c2cccnc2)nc(C)c1-c1cn2[n+](c1)C13c4c(cccc4-2)Oc2ccc4c5ccccc5n(c4c21)-c1cccc[n+]13. The standard InChI is InChI=1S/C39H26N6O/c1-23-19-29(25-9-8-17-40-20-25)41-24(2)35(23)26-21-43-31-12-7-13-32-36(31)39(44(43)22-26)37-33(46-32)16-15-28-27-10-3-4-11-30(27)45(38(28)37)34-14-5-6-18-42(34)39/h3-22H,1-2H3/q+2. The van der Waals surface area contributed by atoms with Crippen molar-refractivity contribution >= 4 is 21.8 Å². The summed E-state index contributed by atoms with van der Waals surface area (Å²) in [6.07, 6.45) is 10.5. The van der Waals surface area contributed by atoms with Crippen LogP contribution in [0.1, 0.15) is 22.4 Å². The summed E-state index contributed by atoms with van der Waals surface area (Å²) >= 11 is 0. The summed E-state index contributed by atoms with van der Waals surface area (Å²) in [6.45, 7) is 4.29. The van der Waals surface area contributed by atoms with Gasteiger partial charge < -0.3 is 4.74 Å². The van der Waals surface area contributed by atoms with E-state index in [0.29, 0.717) is 0 Å². The molecule has 0 N–H and O–H groups in total. The second-order valence-corrected chi connectivity index (χ2v) is 12.5. The number of benzene rings is 3. The van der Waals surface area contributed by atoms with Gasteiger partial charge in [0.25, 0.3) is 5.82 Å². The van der Waals surface area contributed by atoms with E-state index in [9.17, 15) is 0 Å². The second kappa shape index (κ2) is 8.14. The molecule has 3 aromatic carbocycles. The van der Waals surface area contributed by atoms with Crippen LogP contribution in [0.3, 0.4) is 0 Å². The number of aryl methyl sites for hydroxylation is 2. The average molecular weight is 595 g/mol. The van der Waals surface area contributed by atoms with Gasteiger partial charge in [-0.25, -0.2) is 0 Å². The molecule has 0 amide bonds. The molecule has 5 aromatic heterocycles. The van der Waals surface area contributed by atoms with Crippen molar-refractivity contribution in [3.63, 3.8) is 0 Å². The Hall–Kier alpha value is -6.08. The molecule has 1 unspecified atom stereocenters. The van der Waals surface area contributed by atoms with Crippen LogP contribution >= 0.6 is 0 Å². The summed E-state index contributed by atoms with van der Waals surface area (Å²) in [7, 11) is 0. The summed E-state index contributed by atoms with van der Waals surface area (Å²) in [5.74, 6) is 2.87. The van der Waals surface area contributed by atoms with Crippen molar-refractivity contribution in [1.29, 1.82) is 0 Å². The molecule has 0 saturated heterocycles. The maximum Gasteiger partial charge on any atom is 0.397 e. The van der Waals surface area contributed by atoms with Crippen molar-refractivity contribution in [1.82, 2.24) is 19.2 Å². The number of aromatic nitrogens is 6. The summed E-state index contributed by atoms with van der Waals surface area (Å²) < 4.78 is 16.3. The van der Waals surface area contributed by atoms with Gasteiger partial charge in [0.05, 0.1) is 23.7 Å². The predicted octanol–water partition coefficient (Wildman–Crippen LogP) is 6.92. The largest absolute Gasteiger partial charge is 0.456 e. The van der Waals surface area contributed by atoms with Gasteiger partial charge in [-0.05, 0) is 80.1 Å². The third kappa shape index (κ3) is 2.68. The van der Waals surface area contributed by atoms with Gasteiger partial charge in [0.1, 0.15) is 28.3 Å². The lowest BCUT2D eigenvalue weighted by atomic mass is 9.84. The number of rotatable bonds is 2. The summed E-state index contributed by atoms with van der Waals surface area (Å²) in [6, 6.07) is 32.2. The van der Waals surface area contributed by atoms with Crippen LogP contribution in [0.25, 0.3) is 55.7 Å². The maximum absolute atomic E-state index is 6.78. The van der Waals surface area contributed by atoms with E-state index in [2.05, 4.69) is 141 Å². The van der Waals surface area contributed by atoms with Crippen molar-refractivity contribution in [3.8, 4) is 45.4 Å². The Balaban J connectivity index is 1.26. The molecule has 0 bridgehead atoms. The van der Waals surface area contributed by atoms with Crippen LogP contribution < -0.4 is 14.0 Å². The molecule has 3 aliphatic heterocycles. The van der Waals surface area contributed by atoms with Gasteiger partial charge in [-0.1, -0.05) is 28.9 Å². The van der Waals surface area contributed by atoms with E-state index < -0.39 is 5.66 Å². The highest BCUT2D eigenvalue weighted by atomic mass is 16.5. The minimum Gasteiger partial charge on any atom is -0.456 e. The van der Waals surface area contributed by atoms with Crippen LogP contribution in [0.15, 0.2) is 122 Å². The Morgan fingerprint density at radius 1 is 0.804 bits per heavy atom. The number of para-hydroxylation sites is 1. The molecule has 7 nitrogen and oxygen atoms in total. The quantitative estimate of drug-likeness (QED) is 0.204. The van der Waals surface area contributed by atoms with E-state index in [4.69, 9.17) is 9.72 Å². The lowest BCUT2D eigenvalue weighted by Gasteiger charge is -2.32. The zero-order chi connectivity index (χ0) is 30.3. The lowest BCUT2D eigenvalue weighted by Crippen LogP contribution is -2.76. The van der Waals surface area contributed by atoms with Crippen LogP contribution in [-0.2, 0) is 5.66 Å². The highest BCUT2D eigenvalue weighted by Gasteiger charge is 2.68. The zero-order valence-corrected chi connectivity index (χ0v) is 25.1. The van der Waals surface area contributed by atoms with E-state index in [-0.39, 0.29) is 0 Å². The molecule has 1 spiro atoms. The Labute approximate surface area is 263 Å². The Morgan fingerprint density at radius 2 is 1.70 bits per heavy atom. The van der Waals surface area contributed by atoms with Gasteiger partial charge in [-0.3, -0.25) is 9.97 Å². The third-order valence-corrected chi connectivity index (χ3v) is 10.1. The summed E-state index contributed by atoms with van der Waals surface area (Å²) in [4.78, 5) is 9.39. The monoisotopic (exact) mass is 594 g/mol. The fraction of sp³-hybridized carbons (Fsp3) is 0.0769. The van der Waals surface area contributed by atoms with Crippen LogP contribution in [0.4, 0.5) is 0 Å². The number of ether oxygens (including phenoxy) is 1. The van der Waals surface area contributed by atoms with E-state index in [1.54, 1.807) is 6.20 Å². The molecule has 0 saturated carbocycles. The number of nitrogens with zero attached hydrogens (tertiary/aromatic N) is 6. The average Bonchev–Trinajstić information content (AvgIpc) is 3.75. The highest BCUT2D eigenvalue weighted by molar-refractivity contribution is 6.11. The molecule has 0 aliphatic carbocycles. The first kappa shape index (κ1) is 24.3. The van der Waals surface area contributed by atoms with Crippen LogP contribution in [0.5, 0.6) is 11.5 Å². The normalized spacial score (nSPS) is 16.3. The van der Waals surface area contributed by atoms with Crippen LogP contribution in [0, 0.1) is 13.8 Å². The Kier molecular flexibility index (Phi) is 4.29. The van der Waals surface area contributed by atoms with Crippen molar-refractivity contribution in [2.45, 2.75) is 19.5 Å². The number of pyridine rings is 3. The number of fused-ring (bicyclic) bond motifs is 7. The number of hydrogen-bond donors (Lipinski definition) is 0. The lowest BCUT2D eigenvalue weighted by molar-refractivity contribution is -0.993. The molecule has 0 radical (unpaired) electrons. The van der Waals surface area contributed by atoms with E-state index in [1.807, 2.05) is 12.3 Å². The molecule has 8 heterocycles. The topological polar surface area (TPSA) is 52.6 Å². The molecule has 7 heteroatoms. The fourth-order valence-corrected chi connectivity index (χ4v) is 8.47. The van der Waals surface area contributed by atoms with E-state index in [1.165, 1.54) is 27.4 Å². The zero-order valence-electron chi connectivity index (χ0n) is 25.1. The predicted molar refractivity (Wildman–Crippen MR) is 175 cm³/mol. The maximum atomic E-state index is 6.78. The van der Waals surface area contributed by atoms with Crippen LogP contribution in [0.2, 0.25) is 0 Å². The van der Waals surface area contributed by atoms with Gasteiger partial charge in [-0.2, -0.15) is 9.13 Å². The third-order valence-electron chi connectivity index (χ3n) is 10.1.